The monoisotopic (exact) mass is 459 g/mol. The van der Waals surface area contributed by atoms with Crippen LogP contribution in [-0.4, -0.2) is 48.9 Å². The molecule has 170 valence electrons. The van der Waals surface area contributed by atoms with E-state index in [2.05, 4.69) is 30.3 Å². The standard InChI is InChI=1S/C17H14F5N7O3/c18-14(19)12-13(28-32-27-12)16(31)23-5-9-6-29-11(25-9)2-7(4-24-29)1-8-3-10(17(20,21)22)26-15(8)30/h2,4,6,8,10,14H,1,3,5H2,(H,23,31)(H,26,30)/t8-,10?/m0/s1. The maximum atomic E-state index is 12.8. The van der Waals surface area contributed by atoms with Crippen LogP contribution in [0.5, 0.6) is 0 Å². The predicted octanol–water partition coefficient (Wildman–Crippen LogP) is 1.59. The minimum Gasteiger partial charge on any atom is -0.345 e. The molecule has 1 aliphatic heterocycles. The number of imidazole rings is 1. The molecular formula is C17H14F5N7O3. The minimum atomic E-state index is -4.51. The molecule has 32 heavy (non-hydrogen) atoms. The maximum absolute atomic E-state index is 12.8. The van der Waals surface area contributed by atoms with Crippen molar-refractivity contribution in [2.24, 2.45) is 5.92 Å². The van der Waals surface area contributed by atoms with Crippen molar-refractivity contribution in [3.8, 4) is 0 Å². The number of alkyl halides is 5. The van der Waals surface area contributed by atoms with Crippen LogP contribution in [-0.2, 0) is 17.8 Å². The van der Waals surface area contributed by atoms with Gasteiger partial charge in [0.05, 0.1) is 24.6 Å². The molecule has 3 aromatic heterocycles. The van der Waals surface area contributed by atoms with Gasteiger partial charge in [-0.1, -0.05) is 0 Å². The van der Waals surface area contributed by atoms with Crippen molar-refractivity contribution in [1.29, 1.82) is 0 Å². The first-order chi connectivity index (χ1) is 15.1. The van der Waals surface area contributed by atoms with Crippen LogP contribution < -0.4 is 10.6 Å². The first kappa shape index (κ1) is 21.6. The lowest BCUT2D eigenvalue weighted by Crippen LogP contribution is -2.38. The van der Waals surface area contributed by atoms with E-state index in [-0.39, 0.29) is 19.4 Å². The van der Waals surface area contributed by atoms with Crippen molar-refractivity contribution < 1.29 is 36.2 Å². The van der Waals surface area contributed by atoms with E-state index in [9.17, 15) is 31.5 Å². The van der Waals surface area contributed by atoms with Crippen molar-refractivity contribution >= 4 is 17.5 Å². The topological polar surface area (TPSA) is 127 Å². The lowest BCUT2D eigenvalue weighted by Gasteiger charge is -2.13. The molecule has 15 heteroatoms. The second kappa shape index (κ2) is 8.12. The van der Waals surface area contributed by atoms with Crippen molar-refractivity contribution in [2.75, 3.05) is 0 Å². The van der Waals surface area contributed by atoms with Gasteiger partial charge in [-0.15, -0.1) is 0 Å². The summed E-state index contributed by atoms with van der Waals surface area (Å²) in [6.45, 7) is -0.147. The zero-order valence-electron chi connectivity index (χ0n) is 15.9. The maximum Gasteiger partial charge on any atom is 0.408 e. The van der Waals surface area contributed by atoms with E-state index < -0.39 is 47.8 Å². The second-order valence-corrected chi connectivity index (χ2v) is 7.12. The Morgan fingerprint density at radius 1 is 1.34 bits per heavy atom. The SMILES string of the molecule is O=C(NCc1cn2ncc(C[C@H]3CC(C(F)(F)F)NC3=O)cc2n1)c1nonc1C(F)F. The Kier molecular flexibility index (Phi) is 5.48. The summed E-state index contributed by atoms with van der Waals surface area (Å²) in [6.07, 6.45) is -4.98. The number of nitrogens with zero attached hydrogens (tertiary/aromatic N) is 5. The van der Waals surface area contributed by atoms with Gasteiger partial charge in [0.1, 0.15) is 6.04 Å². The molecule has 0 aliphatic carbocycles. The van der Waals surface area contributed by atoms with Gasteiger partial charge in [-0.05, 0) is 34.8 Å². The van der Waals surface area contributed by atoms with Crippen molar-refractivity contribution in [2.45, 2.75) is 38.0 Å². The third kappa shape index (κ3) is 4.36. The molecule has 4 rings (SSSR count). The number of rotatable bonds is 6. The van der Waals surface area contributed by atoms with Gasteiger partial charge in [-0.2, -0.15) is 18.3 Å². The summed E-state index contributed by atoms with van der Waals surface area (Å²) in [5, 5.41) is 14.6. The fraction of sp³-hybridized carbons (Fsp3) is 0.412. The van der Waals surface area contributed by atoms with E-state index in [0.717, 1.165) is 0 Å². The molecule has 3 aromatic rings. The number of nitrogens with one attached hydrogen (secondary N) is 2. The number of carbonyl (C=O) groups is 2. The fourth-order valence-electron chi connectivity index (χ4n) is 3.33. The first-order valence-corrected chi connectivity index (χ1v) is 9.21. The van der Waals surface area contributed by atoms with Crippen LogP contribution >= 0.6 is 0 Å². The van der Waals surface area contributed by atoms with Gasteiger partial charge in [0.15, 0.2) is 11.3 Å². The number of fused-ring (bicyclic) bond motifs is 1. The van der Waals surface area contributed by atoms with Gasteiger partial charge in [0.25, 0.3) is 12.3 Å². The molecule has 2 atom stereocenters. The molecule has 0 radical (unpaired) electrons. The Hall–Kier alpha value is -3.65. The van der Waals surface area contributed by atoms with Gasteiger partial charge >= 0.3 is 6.18 Å². The highest BCUT2D eigenvalue weighted by Crippen LogP contribution is 2.31. The molecule has 1 aliphatic rings. The molecule has 0 spiro atoms. The van der Waals surface area contributed by atoms with Crippen LogP contribution in [0.2, 0.25) is 0 Å². The van der Waals surface area contributed by atoms with E-state index in [1.165, 1.54) is 16.9 Å². The highest BCUT2D eigenvalue weighted by molar-refractivity contribution is 5.93. The van der Waals surface area contributed by atoms with Crippen LogP contribution in [0.3, 0.4) is 0 Å². The van der Waals surface area contributed by atoms with Crippen LogP contribution in [0.15, 0.2) is 23.1 Å². The molecular weight excluding hydrogens is 445 g/mol. The summed E-state index contributed by atoms with van der Waals surface area (Å²) < 4.78 is 69.5. The largest absolute Gasteiger partial charge is 0.408 e. The zero-order valence-corrected chi connectivity index (χ0v) is 15.9. The molecule has 0 aromatic carbocycles. The van der Waals surface area contributed by atoms with Gasteiger partial charge in [0, 0.05) is 5.92 Å². The van der Waals surface area contributed by atoms with Crippen LogP contribution in [0.1, 0.15) is 40.3 Å². The lowest BCUT2D eigenvalue weighted by atomic mass is 9.97. The molecule has 2 N–H and O–H groups in total. The van der Waals surface area contributed by atoms with Crippen LogP contribution in [0, 0.1) is 5.92 Å². The van der Waals surface area contributed by atoms with Gasteiger partial charge in [0.2, 0.25) is 11.6 Å². The Bertz CT molecular complexity index is 1160. The highest BCUT2D eigenvalue weighted by Gasteiger charge is 2.47. The van der Waals surface area contributed by atoms with Crippen LogP contribution in [0.25, 0.3) is 5.65 Å². The van der Waals surface area contributed by atoms with E-state index >= 15 is 0 Å². The van der Waals surface area contributed by atoms with Crippen molar-refractivity contribution in [3.63, 3.8) is 0 Å². The Balaban J connectivity index is 1.41. The zero-order chi connectivity index (χ0) is 23.0. The van der Waals surface area contributed by atoms with Gasteiger partial charge in [-0.3, -0.25) is 9.59 Å². The van der Waals surface area contributed by atoms with Gasteiger partial charge < -0.3 is 10.6 Å². The van der Waals surface area contributed by atoms with E-state index in [1.807, 2.05) is 5.32 Å². The van der Waals surface area contributed by atoms with Crippen molar-refractivity contribution in [3.05, 3.63) is 41.1 Å². The molecule has 0 bridgehead atoms. The number of hydrogen-bond donors (Lipinski definition) is 2. The number of amides is 2. The molecule has 10 nitrogen and oxygen atoms in total. The Morgan fingerprint density at radius 3 is 2.81 bits per heavy atom. The molecule has 1 fully saturated rings. The second-order valence-electron chi connectivity index (χ2n) is 7.12. The number of carbonyl (C=O) groups excluding carboxylic acids is 2. The quantitative estimate of drug-likeness (QED) is 0.536. The van der Waals surface area contributed by atoms with E-state index in [1.54, 1.807) is 6.07 Å². The smallest absolute Gasteiger partial charge is 0.345 e. The minimum absolute atomic E-state index is 0.0520. The summed E-state index contributed by atoms with van der Waals surface area (Å²) >= 11 is 0. The fourth-order valence-corrected chi connectivity index (χ4v) is 3.33. The third-order valence-electron chi connectivity index (χ3n) is 4.88. The predicted molar refractivity (Wildman–Crippen MR) is 93.2 cm³/mol. The Morgan fingerprint density at radius 2 is 2.12 bits per heavy atom. The number of hydrogen-bond acceptors (Lipinski definition) is 7. The number of halogens is 5. The summed E-state index contributed by atoms with van der Waals surface area (Å²) in [7, 11) is 0. The molecule has 1 unspecified atom stereocenters. The summed E-state index contributed by atoms with van der Waals surface area (Å²) in [4.78, 5) is 28.1. The molecule has 0 saturated carbocycles. The molecule has 1 saturated heterocycles. The summed E-state index contributed by atoms with van der Waals surface area (Å²) in [6, 6.07) is -0.313. The van der Waals surface area contributed by atoms with E-state index in [0.29, 0.717) is 16.9 Å². The Labute approximate surface area is 175 Å². The van der Waals surface area contributed by atoms with Crippen molar-refractivity contribution in [1.82, 2.24) is 35.5 Å². The normalized spacial score (nSPS) is 19.0. The van der Waals surface area contributed by atoms with E-state index in [4.69, 9.17) is 0 Å². The lowest BCUT2D eigenvalue weighted by molar-refractivity contribution is -0.154. The third-order valence-corrected chi connectivity index (χ3v) is 4.88. The number of aromatic nitrogens is 5. The molecule has 2 amide bonds. The molecule has 4 heterocycles. The highest BCUT2D eigenvalue weighted by atomic mass is 19.4. The first-order valence-electron chi connectivity index (χ1n) is 9.21. The van der Waals surface area contributed by atoms with Gasteiger partial charge in [-0.25, -0.2) is 22.9 Å². The average Bonchev–Trinajstić information content (AvgIpc) is 3.44. The van der Waals surface area contributed by atoms with Crippen LogP contribution in [0.4, 0.5) is 22.0 Å². The average molecular weight is 459 g/mol. The summed E-state index contributed by atoms with van der Waals surface area (Å²) in [5.74, 6) is -2.46. The summed E-state index contributed by atoms with van der Waals surface area (Å²) in [5.41, 5.74) is -0.358.